The number of hydrogen-bond acceptors (Lipinski definition) is 2. The van der Waals surface area contributed by atoms with Gasteiger partial charge in [0, 0.05) is 10.6 Å². The first-order chi connectivity index (χ1) is 12.7. The molecule has 1 fully saturated rings. The van der Waals surface area contributed by atoms with Crippen LogP contribution in [-0.4, -0.2) is 41.9 Å². The van der Waals surface area contributed by atoms with Gasteiger partial charge in [-0.1, -0.05) is 54.1 Å². The van der Waals surface area contributed by atoms with Crippen molar-refractivity contribution in [1.29, 1.82) is 0 Å². The Balaban J connectivity index is 0.00000261. The molecule has 0 radical (unpaired) electrons. The van der Waals surface area contributed by atoms with E-state index in [1.807, 2.05) is 24.3 Å². The van der Waals surface area contributed by atoms with Gasteiger partial charge in [-0.15, -0.1) is 0 Å². The number of benzene rings is 2. The standard InChI is InChI=1S/C22H29ClNO2.ClH/c23-21-11-9-20(10-12-21)17-26-18-22(25)16-24(13-5-2-6-14-24)15-19-7-3-1-4-8-19;/h1,3-4,7-12,22,25H,2,5-6,13-18H2;1H/q+1;/p-1. The maximum absolute atomic E-state index is 10.6. The van der Waals surface area contributed by atoms with Crippen LogP contribution in [0.1, 0.15) is 30.4 Å². The van der Waals surface area contributed by atoms with E-state index < -0.39 is 6.10 Å². The third kappa shape index (κ3) is 7.10. The summed E-state index contributed by atoms with van der Waals surface area (Å²) < 4.78 is 6.72. The molecule has 0 aliphatic carbocycles. The minimum atomic E-state index is -0.441. The second-order valence-electron chi connectivity index (χ2n) is 7.47. The Labute approximate surface area is 173 Å². The van der Waals surface area contributed by atoms with Crippen LogP contribution in [-0.2, 0) is 17.9 Å². The number of aliphatic hydroxyl groups is 1. The van der Waals surface area contributed by atoms with Gasteiger partial charge in [-0.05, 0) is 37.0 Å². The summed E-state index contributed by atoms with van der Waals surface area (Å²) in [5.74, 6) is 0. The fourth-order valence-electron chi connectivity index (χ4n) is 3.95. The lowest BCUT2D eigenvalue weighted by molar-refractivity contribution is -0.947. The molecule has 0 bridgehead atoms. The summed E-state index contributed by atoms with van der Waals surface area (Å²) in [5.41, 5.74) is 2.43. The minimum absolute atomic E-state index is 0. The molecule has 1 aliphatic heterocycles. The zero-order valence-corrected chi connectivity index (χ0v) is 17.2. The van der Waals surface area contributed by atoms with Gasteiger partial charge in [-0.25, -0.2) is 0 Å². The number of quaternary nitrogens is 1. The predicted octanol–water partition coefficient (Wildman–Crippen LogP) is 1.42. The van der Waals surface area contributed by atoms with E-state index in [9.17, 15) is 5.11 Å². The summed E-state index contributed by atoms with van der Waals surface area (Å²) in [4.78, 5) is 0. The summed E-state index contributed by atoms with van der Waals surface area (Å²) in [6.07, 6.45) is 3.35. The van der Waals surface area contributed by atoms with Crippen LogP contribution < -0.4 is 12.4 Å². The van der Waals surface area contributed by atoms with E-state index in [2.05, 4.69) is 30.3 Å². The van der Waals surface area contributed by atoms with Gasteiger partial charge < -0.3 is 26.7 Å². The molecular formula is C22H29Cl2NO2. The van der Waals surface area contributed by atoms with Crippen molar-refractivity contribution in [2.24, 2.45) is 0 Å². The van der Waals surface area contributed by atoms with E-state index in [1.165, 1.54) is 24.8 Å². The van der Waals surface area contributed by atoms with Gasteiger partial charge in [0.1, 0.15) is 19.2 Å². The Morgan fingerprint density at radius 1 is 0.926 bits per heavy atom. The molecule has 2 aromatic rings. The van der Waals surface area contributed by atoms with Crippen LogP contribution >= 0.6 is 11.6 Å². The Bertz CT molecular complexity index is 658. The molecule has 3 nitrogen and oxygen atoms in total. The minimum Gasteiger partial charge on any atom is -1.00 e. The number of rotatable bonds is 8. The fourth-order valence-corrected chi connectivity index (χ4v) is 4.08. The molecule has 5 heteroatoms. The van der Waals surface area contributed by atoms with Gasteiger partial charge in [0.2, 0.25) is 0 Å². The van der Waals surface area contributed by atoms with Gasteiger partial charge in [0.25, 0.3) is 0 Å². The van der Waals surface area contributed by atoms with E-state index in [4.69, 9.17) is 16.3 Å². The fraction of sp³-hybridized carbons (Fsp3) is 0.455. The quantitative estimate of drug-likeness (QED) is 0.668. The highest BCUT2D eigenvalue weighted by Crippen LogP contribution is 2.23. The summed E-state index contributed by atoms with van der Waals surface area (Å²) in [6, 6.07) is 18.3. The van der Waals surface area contributed by atoms with Crippen LogP contribution in [0.5, 0.6) is 0 Å². The molecule has 0 saturated carbocycles. The molecule has 1 atom stereocenters. The molecule has 1 aliphatic rings. The first-order valence-electron chi connectivity index (χ1n) is 9.55. The first kappa shape index (κ1) is 22.2. The largest absolute Gasteiger partial charge is 1.00 e. The van der Waals surface area contributed by atoms with Crippen LogP contribution in [0.25, 0.3) is 0 Å². The molecule has 0 amide bonds. The molecule has 0 spiro atoms. The summed E-state index contributed by atoms with van der Waals surface area (Å²) in [6.45, 7) is 4.92. The normalized spacial score (nSPS) is 17.1. The van der Waals surface area contributed by atoms with Crippen LogP contribution in [0.3, 0.4) is 0 Å². The third-order valence-electron chi connectivity index (χ3n) is 5.22. The molecule has 1 heterocycles. The van der Waals surface area contributed by atoms with Crippen molar-refractivity contribution in [2.45, 2.75) is 38.5 Å². The van der Waals surface area contributed by atoms with E-state index in [0.717, 1.165) is 41.2 Å². The van der Waals surface area contributed by atoms with Crippen molar-refractivity contribution in [3.63, 3.8) is 0 Å². The molecule has 0 aromatic heterocycles. The smallest absolute Gasteiger partial charge is 0.126 e. The number of nitrogens with zero attached hydrogens (tertiary/aromatic N) is 1. The maximum Gasteiger partial charge on any atom is 0.126 e. The monoisotopic (exact) mass is 409 g/mol. The summed E-state index contributed by atoms with van der Waals surface area (Å²) in [5, 5.41) is 11.3. The lowest BCUT2D eigenvalue weighted by Gasteiger charge is -2.42. The van der Waals surface area contributed by atoms with Crippen LogP contribution in [0.4, 0.5) is 0 Å². The zero-order valence-electron chi connectivity index (χ0n) is 15.7. The Kier molecular flexibility index (Phi) is 9.07. The predicted molar refractivity (Wildman–Crippen MR) is 106 cm³/mol. The number of aliphatic hydroxyl groups excluding tert-OH is 1. The highest BCUT2D eigenvalue weighted by molar-refractivity contribution is 6.30. The number of likely N-dealkylation sites (tertiary alicyclic amines) is 1. The number of halogens is 2. The maximum atomic E-state index is 10.6. The van der Waals surface area contributed by atoms with E-state index >= 15 is 0 Å². The van der Waals surface area contributed by atoms with Crippen molar-refractivity contribution in [3.05, 3.63) is 70.7 Å². The zero-order chi connectivity index (χ0) is 18.2. The van der Waals surface area contributed by atoms with Gasteiger partial charge in [-0.2, -0.15) is 0 Å². The highest BCUT2D eigenvalue weighted by atomic mass is 35.5. The molecule has 27 heavy (non-hydrogen) atoms. The van der Waals surface area contributed by atoms with Gasteiger partial charge >= 0.3 is 0 Å². The third-order valence-corrected chi connectivity index (χ3v) is 5.47. The van der Waals surface area contributed by atoms with Crippen molar-refractivity contribution in [2.75, 3.05) is 26.2 Å². The molecule has 1 unspecified atom stereocenters. The number of ether oxygens (including phenoxy) is 1. The number of piperidine rings is 1. The van der Waals surface area contributed by atoms with Crippen molar-refractivity contribution in [3.8, 4) is 0 Å². The van der Waals surface area contributed by atoms with E-state index in [-0.39, 0.29) is 12.4 Å². The van der Waals surface area contributed by atoms with Gasteiger partial charge in [0.05, 0.1) is 26.3 Å². The lowest BCUT2D eigenvalue weighted by atomic mass is 10.0. The summed E-state index contributed by atoms with van der Waals surface area (Å²) >= 11 is 5.90. The van der Waals surface area contributed by atoms with E-state index in [1.54, 1.807) is 0 Å². The van der Waals surface area contributed by atoms with Crippen LogP contribution in [0, 0.1) is 0 Å². The van der Waals surface area contributed by atoms with Crippen molar-refractivity contribution in [1.82, 2.24) is 0 Å². The molecule has 148 valence electrons. The molecular weight excluding hydrogens is 381 g/mol. The van der Waals surface area contributed by atoms with Crippen molar-refractivity contribution < 1.29 is 26.7 Å². The molecule has 3 rings (SSSR count). The second-order valence-corrected chi connectivity index (χ2v) is 7.91. The number of hydrogen-bond donors (Lipinski definition) is 1. The van der Waals surface area contributed by atoms with Crippen molar-refractivity contribution >= 4 is 11.6 Å². The highest BCUT2D eigenvalue weighted by Gasteiger charge is 2.32. The first-order valence-corrected chi connectivity index (χ1v) is 9.92. The topological polar surface area (TPSA) is 29.5 Å². The molecule has 2 aromatic carbocycles. The second kappa shape index (κ2) is 11.0. The van der Waals surface area contributed by atoms with Gasteiger partial charge in [0.15, 0.2) is 0 Å². The Morgan fingerprint density at radius 3 is 2.26 bits per heavy atom. The molecule has 1 saturated heterocycles. The van der Waals surface area contributed by atoms with E-state index in [0.29, 0.717) is 13.2 Å². The summed E-state index contributed by atoms with van der Waals surface area (Å²) in [7, 11) is 0. The van der Waals surface area contributed by atoms with Gasteiger partial charge in [-0.3, -0.25) is 0 Å². The average molecular weight is 410 g/mol. The lowest BCUT2D eigenvalue weighted by Crippen LogP contribution is -3.00. The van der Waals surface area contributed by atoms with Crippen LogP contribution in [0.2, 0.25) is 5.02 Å². The average Bonchev–Trinajstić information content (AvgIpc) is 2.65. The Hall–Kier alpha value is -1.10. The SMILES string of the molecule is OC(COCc1ccc(Cl)cc1)C[N+]1(Cc2ccccc2)CCCCC1.[Cl-]. The molecule has 1 N–H and O–H groups in total. The van der Waals surface area contributed by atoms with Crippen LogP contribution in [0.15, 0.2) is 54.6 Å². The Morgan fingerprint density at radius 2 is 1.59 bits per heavy atom.